The SMILES string of the molecule is COc1cc(-c2ccc(C)c(NS(C)(=O)=O)c2)c(OC)c(OS(C)(=O)=O)c1-c1ccc(OCc2ccccc2)c(OS(C)(=O)=O)c1. The molecule has 0 atom stereocenters. The minimum Gasteiger partial charge on any atom is -0.496 e. The Morgan fingerprint density at radius 2 is 1.30 bits per heavy atom. The number of sulfonamides is 1. The van der Waals surface area contributed by atoms with Crippen molar-refractivity contribution in [1.82, 2.24) is 0 Å². The van der Waals surface area contributed by atoms with Crippen LogP contribution in [0.2, 0.25) is 0 Å². The second-order valence-electron chi connectivity index (χ2n) is 10.3. The molecule has 0 aromatic heterocycles. The number of aryl methyl sites for hydroxylation is 1. The Bertz CT molecular complexity index is 2080. The van der Waals surface area contributed by atoms with Gasteiger partial charge in [0.2, 0.25) is 10.0 Å². The summed E-state index contributed by atoms with van der Waals surface area (Å²) in [5.41, 5.74) is 2.86. The largest absolute Gasteiger partial charge is 0.496 e. The number of hydrogen-bond donors (Lipinski definition) is 1. The molecule has 46 heavy (non-hydrogen) atoms. The molecule has 0 unspecified atom stereocenters. The molecule has 0 aliphatic rings. The van der Waals surface area contributed by atoms with Crippen LogP contribution < -0.4 is 27.3 Å². The molecule has 12 nitrogen and oxygen atoms in total. The first kappa shape index (κ1) is 34.4. The average Bonchev–Trinajstić information content (AvgIpc) is 2.95. The van der Waals surface area contributed by atoms with Crippen LogP contribution in [0.25, 0.3) is 22.3 Å². The van der Waals surface area contributed by atoms with Crippen LogP contribution in [0.1, 0.15) is 11.1 Å². The van der Waals surface area contributed by atoms with E-state index in [0.29, 0.717) is 22.4 Å². The molecule has 0 aliphatic carbocycles. The summed E-state index contributed by atoms with van der Waals surface area (Å²) >= 11 is 0. The highest BCUT2D eigenvalue weighted by Gasteiger charge is 2.28. The van der Waals surface area contributed by atoms with Gasteiger partial charge in [-0.2, -0.15) is 16.8 Å². The van der Waals surface area contributed by atoms with Crippen LogP contribution in [-0.2, 0) is 36.9 Å². The lowest BCUT2D eigenvalue weighted by Crippen LogP contribution is -2.11. The highest BCUT2D eigenvalue weighted by Crippen LogP contribution is 2.52. The van der Waals surface area contributed by atoms with Crippen LogP contribution in [0.15, 0.2) is 72.8 Å². The van der Waals surface area contributed by atoms with E-state index in [1.54, 1.807) is 37.3 Å². The van der Waals surface area contributed by atoms with Crippen molar-refractivity contribution in [3.8, 4) is 51.0 Å². The Kier molecular flexibility index (Phi) is 10.1. The summed E-state index contributed by atoms with van der Waals surface area (Å²) in [6.07, 6.45) is 2.76. The van der Waals surface area contributed by atoms with Gasteiger partial charge in [0.05, 0.1) is 44.2 Å². The van der Waals surface area contributed by atoms with Crippen molar-refractivity contribution in [1.29, 1.82) is 0 Å². The first-order chi connectivity index (χ1) is 21.5. The Morgan fingerprint density at radius 3 is 1.89 bits per heavy atom. The molecule has 246 valence electrons. The van der Waals surface area contributed by atoms with Gasteiger partial charge in [0.15, 0.2) is 23.0 Å². The molecule has 0 amide bonds. The van der Waals surface area contributed by atoms with Gasteiger partial charge in [-0.15, -0.1) is 0 Å². The minimum atomic E-state index is -4.17. The molecule has 0 saturated heterocycles. The third-order valence-corrected chi connectivity index (χ3v) is 7.96. The summed E-state index contributed by atoms with van der Waals surface area (Å²) in [5.74, 6) is -0.222. The van der Waals surface area contributed by atoms with Crippen LogP contribution in [0, 0.1) is 6.92 Å². The Morgan fingerprint density at radius 1 is 0.652 bits per heavy atom. The molecule has 0 spiro atoms. The van der Waals surface area contributed by atoms with Gasteiger partial charge in [0.25, 0.3) is 0 Å². The predicted octanol–water partition coefficient (Wildman–Crippen LogP) is 4.97. The second kappa shape index (κ2) is 13.5. The molecule has 0 aliphatic heterocycles. The maximum atomic E-state index is 12.6. The van der Waals surface area contributed by atoms with E-state index >= 15 is 0 Å². The van der Waals surface area contributed by atoms with Gasteiger partial charge in [0, 0.05) is 5.56 Å². The highest BCUT2D eigenvalue weighted by molar-refractivity contribution is 7.92. The van der Waals surface area contributed by atoms with Crippen LogP contribution >= 0.6 is 0 Å². The third kappa shape index (κ3) is 8.83. The second-order valence-corrected chi connectivity index (χ2v) is 15.2. The van der Waals surface area contributed by atoms with Gasteiger partial charge < -0.3 is 22.6 Å². The molecular weight excluding hydrogens is 659 g/mol. The smallest absolute Gasteiger partial charge is 0.306 e. The third-order valence-electron chi connectivity index (χ3n) is 6.41. The Balaban J connectivity index is 1.96. The van der Waals surface area contributed by atoms with Crippen molar-refractivity contribution in [3.63, 3.8) is 0 Å². The molecule has 15 heteroatoms. The normalized spacial score (nSPS) is 11.9. The highest BCUT2D eigenvalue weighted by atomic mass is 32.2. The van der Waals surface area contributed by atoms with Crippen LogP contribution in [0.3, 0.4) is 0 Å². The summed E-state index contributed by atoms with van der Waals surface area (Å²) in [5, 5.41) is 0. The zero-order valence-corrected chi connectivity index (χ0v) is 28.3. The number of rotatable bonds is 13. The average molecular weight is 692 g/mol. The zero-order chi connectivity index (χ0) is 33.9. The molecule has 0 bridgehead atoms. The number of ether oxygens (including phenoxy) is 3. The van der Waals surface area contributed by atoms with Gasteiger partial charge in [-0.05, 0) is 53.4 Å². The molecule has 0 heterocycles. The van der Waals surface area contributed by atoms with Gasteiger partial charge in [-0.25, -0.2) is 8.42 Å². The summed E-state index contributed by atoms with van der Waals surface area (Å²) in [6, 6.07) is 20.1. The van der Waals surface area contributed by atoms with E-state index in [0.717, 1.165) is 24.3 Å². The standard InChI is InChI=1S/C31H33NO11S3/c1-20-12-13-22(16-25(20)32-44(4,33)34)24-18-28(39-2)29(31(30(24)40-3)43-46(6,37)38)23-14-15-26(27(17-23)42-45(5,35)36)41-19-21-10-8-7-9-11-21/h7-18,32H,19H2,1-6H3. The van der Waals surface area contributed by atoms with Crippen molar-refractivity contribution >= 4 is 35.9 Å². The summed E-state index contributed by atoms with van der Waals surface area (Å²) < 4.78 is 104. The van der Waals surface area contributed by atoms with Gasteiger partial charge >= 0.3 is 20.2 Å². The van der Waals surface area contributed by atoms with Gasteiger partial charge in [-0.3, -0.25) is 4.72 Å². The number of benzene rings is 4. The van der Waals surface area contributed by atoms with E-state index in [4.69, 9.17) is 22.6 Å². The molecule has 1 N–H and O–H groups in total. The minimum absolute atomic E-state index is 0.0228. The molecule has 4 aromatic rings. The lowest BCUT2D eigenvalue weighted by molar-refractivity contribution is 0.296. The monoisotopic (exact) mass is 691 g/mol. The molecule has 0 fully saturated rings. The van der Waals surface area contributed by atoms with E-state index < -0.39 is 30.3 Å². The lowest BCUT2D eigenvalue weighted by atomic mass is 9.95. The molecule has 0 saturated carbocycles. The van der Waals surface area contributed by atoms with Gasteiger partial charge in [-0.1, -0.05) is 48.5 Å². The van der Waals surface area contributed by atoms with E-state index in [2.05, 4.69) is 4.72 Å². The van der Waals surface area contributed by atoms with E-state index in [1.165, 1.54) is 26.4 Å². The maximum Gasteiger partial charge on any atom is 0.306 e. The lowest BCUT2D eigenvalue weighted by Gasteiger charge is -2.21. The quantitative estimate of drug-likeness (QED) is 0.189. The Hall–Kier alpha value is -4.47. The predicted molar refractivity (Wildman–Crippen MR) is 175 cm³/mol. The fourth-order valence-electron chi connectivity index (χ4n) is 4.54. The van der Waals surface area contributed by atoms with Crippen LogP contribution in [0.4, 0.5) is 5.69 Å². The zero-order valence-electron chi connectivity index (χ0n) is 25.9. The van der Waals surface area contributed by atoms with Crippen molar-refractivity contribution in [2.45, 2.75) is 13.5 Å². The van der Waals surface area contributed by atoms with Crippen molar-refractivity contribution in [2.24, 2.45) is 0 Å². The maximum absolute atomic E-state index is 12.6. The van der Waals surface area contributed by atoms with E-state index in [1.807, 2.05) is 30.3 Å². The Labute approximate surface area is 269 Å². The fourth-order valence-corrected chi connectivity index (χ4v) is 6.08. The topological polar surface area (TPSA) is 161 Å². The van der Waals surface area contributed by atoms with Crippen molar-refractivity contribution in [3.05, 3.63) is 83.9 Å². The summed E-state index contributed by atoms with van der Waals surface area (Å²) in [7, 11) is -9.14. The number of nitrogens with one attached hydrogen (secondary N) is 1. The number of hydrogen-bond acceptors (Lipinski definition) is 11. The fraction of sp³-hybridized carbons (Fsp3) is 0.226. The molecule has 4 aromatic carbocycles. The summed E-state index contributed by atoms with van der Waals surface area (Å²) in [6.45, 7) is 1.83. The van der Waals surface area contributed by atoms with E-state index in [-0.39, 0.29) is 46.5 Å². The van der Waals surface area contributed by atoms with Crippen LogP contribution in [-0.4, -0.2) is 58.2 Å². The molecule has 4 rings (SSSR count). The van der Waals surface area contributed by atoms with Gasteiger partial charge in [0.1, 0.15) is 12.4 Å². The first-order valence-electron chi connectivity index (χ1n) is 13.5. The number of anilines is 1. The van der Waals surface area contributed by atoms with Crippen molar-refractivity contribution < 1.29 is 47.8 Å². The van der Waals surface area contributed by atoms with E-state index in [9.17, 15) is 25.3 Å². The van der Waals surface area contributed by atoms with Crippen molar-refractivity contribution in [2.75, 3.05) is 37.7 Å². The van der Waals surface area contributed by atoms with Crippen LogP contribution in [0.5, 0.6) is 28.7 Å². The summed E-state index contributed by atoms with van der Waals surface area (Å²) in [4.78, 5) is 0. The first-order valence-corrected chi connectivity index (χ1v) is 19.0. The number of methoxy groups -OCH3 is 2. The molecular formula is C31H33NO11S3. The molecule has 0 radical (unpaired) electrons.